The Labute approximate surface area is 119 Å². The highest BCUT2D eigenvalue weighted by atomic mass is 35.5. The van der Waals surface area contributed by atoms with Gasteiger partial charge in [0.25, 0.3) is 0 Å². The minimum Gasteiger partial charge on any atom is -0.381 e. The molecule has 2 rings (SSSR count). The second-order valence-electron chi connectivity index (χ2n) is 4.90. The van der Waals surface area contributed by atoms with E-state index in [4.69, 9.17) is 16.3 Å². The van der Waals surface area contributed by atoms with Crippen molar-refractivity contribution in [3.05, 3.63) is 29.8 Å². The summed E-state index contributed by atoms with van der Waals surface area (Å²) in [5, 5.41) is 2.98. The quantitative estimate of drug-likeness (QED) is 0.842. The van der Waals surface area contributed by atoms with Crippen LogP contribution >= 0.6 is 11.6 Å². The van der Waals surface area contributed by atoms with Gasteiger partial charge in [0.05, 0.1) is 12.5 Å². The standard InChI is InChI=1S/C15H20ClNO2/c16-8-2-5-12-4-1-7-14(10-12)17-15(18)13-6-3-9-19-11-13/h1,4,7,10,13H,2-3,5-6,8-9,11H2,(H,17,18). The maximum atomic E-state index is 12.1. The summed E-state index contributed by atoms with van der Waals surface area (Å²) in [6, 6.07) is 7.97. The zero-order valence-electron chi connectivity index (χ0n) is 11.0. The number of alkyl halides is 1. The first kappa shape index (κ1) is 14.4. The normalized spacial score (nSPS) is 19.1. The van der Waals surface area contributed by atoms with E-state index in [0.29, 0.717) is 12.5 Å². The van der Waals surface area contributed by atoms with Crippen LogP contribution in [0.15, 0.2) is 24.3 Å². The van der Waals surface area contributed by atoms with Gasteiger partial charge < -0.3 is 10.1 Å². The average molecular weight is 282 g/mol. The lowest BCUT2D eigenvalue weighted by atomic mass is 10.0. The second kappa shape index (κ2) is 7.51. The molecule has 1 aliphatic heterocycles. The maximum absolute atomic E-state index is 12.1. The molecule has 0 saturated carbocycles. The molecule has 0 radical (unpaired) electrons. The van der Waals surface area contributed by atoms with E-state index in [9.17, 15) is 4.79 Å². The Balaban J connectivity index is 1.92. The minimum atomic E-state index is -0.0137. The van der Waals surface area contributed by atoms with E-state index < -0.39 is 0 Å². The first-order valence-corrected chi connectivity index (χ1v) is 7.36. The molecule has 1 aromatic carbocycles. The summed E-state index contributed by atoms with van der Waals surface area (Å²) in [5.41, 5.74) is 2.07. The minimum absolute atomic E-state index is 0.0137. The third-order valence-electron chi connectivity index (χ3n) is 3.32. The Morgan fingerprint density at radius 2 is 2.37 bits per heavy atom. The lowest BCUT2D eigenvalue weighted by Gasteiger charge is -2.21. The van der Waals surface area contributed by atoms with Crippen LogP contribution in [0.25, 0.3) is 0 Å². The number of carbonyl (C=O) groups excluding carboxylic acids is 1. The van der Waals surface area contributed by atoms with E-state index in [0.717, 1.165) is 38.0 Å². The topological polar surface area (TPSA) is 38.3 Å². The molecule has 1 amide bonds. The van der Waals surface area contributed by atoms with Gasteiger partial charge in [-0.25, -0.2) is 0 Å². The first-order valence-electron chi connectivity index (χ1n) is 6.83. The van der Waals surface area contributed by atoms with Crippen molar-refractivity contribution in [1.82, 2.24) is 0 Å². The largest absolute Gasteiger partial charge is 0.381 e. The fourth-order valence-corrected chi connectivity index (χ4v) is 2.40. The summed E-state index contributed by atoms with van der Waals surface area (Å²) in [5.74, 6) is 0.713. The van der Waals surface area contributed by atoms with Gasteiger partial charge in [-0.15, -0.1) is 11.6 Å². The van der Waals surface area contributed by atoms with Crippen LogP contribution in [0.5, 0.6) is 0 Å². The number of hydrogen-bond acceptors (Lipinski definition) is 2. The number of nitrogens with one attached hydrogen (secondary N) is 1. The summed E-state index contributed by atoms with van der Waals surface area (Å²) in [6.07, 6.45) is 3.78. The van der Waals surface area contributed by atoms with E-state index in [2.05, 4.69) is 11.4 Å². The van der Waals surface area contributed by atoms with Gasteiger partial charge in [0.1, 0.15) is 0 Å². The number of ether oxygens (including phenoxy) is 1. The van der Waals surface area contributed by atoms with Crippen LogP contribution in [0.4, 0.5) is 5.69 Å². The van der Waals surface area contributed by atoms with E-state index in [1.807, 2.05) is 18.2 Å². The van der Waals surface area contributed by atoms with Crippen molar-refractivity contribution >= 4 is 23.2 Å². The first-order chi connectivity index (χ1) is 9.29. The molecule has 0 spiro atoms. The third-order valence-corrected chi connectivity index (χ3v) is 3.59. The molecule has 3 nitrogen and oxygen atoms in total. The number of hydrogen-bond donors (Lipinski definition) is 1. The molecule has 1 N–H and O–H groups in total. The second-order valence-corrected chi connectivity index (χ2v) is 5.27. The summed E-state index contributed by atoms with van der Waals surface area (Å²) in [6.45, 7) is 1.31. The van der Waals surface area contributed by atoms with Gasteiger partial charge in [0, 0.05) is 18.2 Å². The zero-order valence-corrected chi connectivity index (χ0v) is 11.8. The Morgan fingerprint density at radius 1 is 1.47 bits per heavy atom. The molecule has 0 bridgehead atoms. The van der Waals surface area contributed by atoms with E-state index >= 15 is 0 Å². The lowest BCUT2D eigenvalue weighted by molar-refractivity contribution is -0.123. The van der Waals surface area contributed by atoms with Gasteiger partial charge in [-0.2, -0.15) is 0 Å². The molecule has 1 saturated heterocycles. The summed E-state index contributed by atoms with van der Waals surface area (Å²) in [7, 11) is 0. The van der Waals surface area contributed by atoms with Crippen LogP contribution in [0.2, 0.25) is 0 Å². The third kappa shape index (κ3) is 4.51. The molecule has 1 aromatic rings. The molecule has 0 aliphatic carbocycles. The molecule has 0 aromatic heterocycles. The number of aryl methyl sites for hydroxylation is 1. The molecular weight excluding hydrogens is 262 g/mol. The van der Waals surface area contributed by atoms with Crippen molar-refractivity contribution in [2.24, 2.45) is 5.92 Å². The van der Waals surface area contributed by atoms with Gasteiger partial charge in [-0.05, 0) is 43.4 Å². The summed E-state index contributed by atoms with van der Waals surface area (Å²) < 4.78 is 5.34. The molecule has 104 valence electrons. The maximum Gasteiger partial charge on any atom is 0.229 e. The molecule has 1 heterocycles. The smallest absolute Gasteiger partial charge is 0.229 e. The van der Waals surface area contributed by atoms with E-state index in [1.165, 1.54) is 5.56 Å². The molecular formula is C15H20ClNO2. The fraction of sp³-hybridized carbons (Fsp3) is 0.533. The average Bonchev–Trinajstić information content (AvgIpc) is 2.46. The van der Waals surface area contributed by atoms with Gasteiger partial charge in [-0.1, -0.05) is 12.1 Å². The number of carbonyl (C=O) groups is 1. The fourth-order valence-electron chi connectivity index (χ4n) is 2.27. The van der Waals surface area contributed by atoms with Crippen molar-refractivity contribution in [3.8, 4) is 0 Å². The monoisotopic (exact) mass is 281 g/mol. The number of halogens is 1. The zero-order chi connectivity index (χ0) is 13.5. The Hall–Kier alpha value is -1.06. The highest BCUT2D eigenvalue weighted by Gasteiger charge is 2.21. The van der Waals surface area contributed by atoms with E-state index in [1.54, 1.807) is 0 Å². The molecule has 1 atom stereocenters. The molecule has 1 unspecified atom stereocenters. The van der Waals surface area contributed by atoms with Crippen LogP contribution in [-0.4, -0.2) is 25.0 Å². The Kier molecular flexibility index (Phi) is 5.67. The summed E-state index contributed by atoms with van der Waals surface area (Å²) in [4.78, 5) is 12.1. The summed E-state index contributed by atoms with van der Waals surface area (Å²) >= 11 is 5.69. The highest BCUT2D eigenvalue weighted by Crippen LogP contribution is 2.18. The predicted molar refractivity (Wildman–Crippen MR) is 77.7 cm³/mol. The van der Waals surface area contributed by atoms with Gasteiger partial charge in [-0.3, -0.25) is 4.79 Å². The molecule has 4 heteroatoms. The van der Waals surface area contributed by atoms with Crippen molar-refractivity contribution in [1.29, 1.82) is 0 Å². The van der Waals surface area contributed by atoms with Crippen LogP contribution in [0, 0.1) is 5.92 Å². The highest BCUT2D eigenvalue weighted by molar-refractivity contribution is 6.17. The number of anilines is 1. The SMILES string of the molecule is O=C(Nc1cccc(CCCCl)c1)C1CCCOC1. The van der Waals surface area contributed by atoms with Gasteiger partial charge >= 0.3 is 0 Å². The van der Waals surface area contributed by atoms with E-state index in [-0.39, 0.29) is 11.8 Å². The van der Waals surface area contributed by atoms with Crippen molar-refractivity contribution < 1.29 is 9.53 Å². The van der Waals surface area contributed by atoms with Crippen LogP contribution in [0.1, 0.15) is 24.8 Å². The van der Waals surface area contributed by atoms with Crippen LogP contribution in [0.3, 0.4) is 0 Å². The predicted octanol–water partition coefficient (Wildman–Crippen LogP) is 3.22. The number of rotatable bonds is 5. The van der Waals surface area contributed by atoms with Crippen LogP contribution < -0.4 is 5.32 Å². The number of benzene rings is 1. The van der Waals surface area contributed by atoms with Crippen molar-refractivity contribution in [3.63, 3.8) is 0 Å². The van der Waals surface area contributed by atoms with Crippen molar-refractivity contribution in [2.75, 3.05) is 24.4 Å². The van der Waals surface area contributed by atoms with Gasteiger partial charge in [0.15, 0.2) is 0 Å². The Morgan fingerprint density at radius 3 is 3.11 bits per heavy atom. The number of amides is 1. The molecule has 1 fully saturated rings. The lowest BCUT2D eigenvalue weighted by Crippen LogP contribution is -2.30. The van der Waals surface area contributed by atoms with Gasteiger partial charge in [0.2, 0.25) is 5.91 Å². The Bertz CT molecular complexity index is 416. The van der Waals surface area contributed by atoms with Crippen molar-refractivity contribution in [2.45, 2.75) is 25.7 Å². The van der Waals surface area contributed by atoms with Crippen LogP contribution in [-0.2, 0) is 16.0 Å². The molecule has 19 heavy (non-hydrogen) atoms. The molecule has 1 aliphatic rings.